The number of nitriles is 1. The summed E-state index contributed by atoms with van der Waals surface area (Å²) < 4.78 is 0. The van der Waals surface area contributed by atoms with Crippen LogP contribution >= 0.6 is 0 Å². The Morgan fingerprint density at radius 3 is 1.35 bits per heavy atom. The summed E-state index contributed by atoms with van der Waals surface area (Å²) in [4.78, 5) is 10.5. The molecule has 0 amide bonds. The van der Waals surface area contributed by atoms with Gasteiger partial charge < -0.3 is 0 Å². The van der Waals surface area contributed by atoms with Crippen molar-refractivity contribution in [2.24, 2.45) is 0 Å². The number of carbonyl (C=O) groups excluding carboxylic acids is 1. The Labute approximate surface area is 269 Å². The minimum Gasteiger partial charge on any atom is -0.295 e. The molecule has 0 bridgehead atoms. The smallest absolute Gasteiger partial charge is 0.152 e. The van der Waals surface area contributed by atoms with Crippen LogP contribution in [0, 0.1) is 25.2 Å². The van der Waals surface area contributed by atoms with Gasteiger partial charge in [0.05, 0.1) is 11.6 Å². The molecule has 0 heterocycles. The van der Waals surface area contributed by atoms with Gasteiger partial charge in [0.15, 0.2) is 5.78 Å². The van der Waals surface area contributed by atoms with Gasteiger partial charge in [0.25, 0.3) is 0 Å². The molecule has 0 atom stereocenters. The molecule has 2 nitrogen and oxygen atoms in total. The van der Waals surface area contributed by atoms with Gasteiger partial charge in [-0.25, -0.2) is 0 Å². The van der Waals surface area contributed by atoms with E-state index >= 15 is 0 Å². The Balaban J connectivity index is -0.000000139. The molecule has 0 aliphatic rings. The molecule has 2 heteroatoms. The molecule has 2 aromatic carbocycles. The summed E-state index contributed by atoms with van der Waals surface area (Å²) in [5.74, 6) is 0.0607. The third-order valence-corrected chi connectivity index (χ3v) is 5.04. The van der Waals surface area contributed by atoms with Gasteiger partial charge >= 0.3 is 0 Å². The number of benzene rings is 2. The van der Waals surface area contributed by atoms with E-state index in [1.807, 2.05) is 71.9 Å². The fraction of sp³-hybridized carbons (Fsp3) is 0.463. The summed E-state index contributed by atoms with van der Waals surface area (Å²) in [5.41, 5.74) is 7.74. The topological polar surface area (TPSA) is 40.9 Å². The number of ketones is 1. The zero-order valence-corrected chi connectivity index (χ0v) is 30.7. The van der Waals surface area contributed by atoms with Crippen molar-refractivity contribution in [1.29, 1.82) is 5.26 Å². The molecule has 0 unspecified atom stereocenters. The minimum atomic E-state index is 0.0607. The first-order valence-corrected chi connectivity index (χ1v) is 15.9. The van der Waals surface area contributed by atoms with Crippen molar-refractivity contribution in [2.75, 3.05) is 0 Å². The molecule has 0 N–H and O–H groups in total. The van der Waals surface area contributed by atoms with Gasteiger partial charge in [-0.2, -0.15) is 5.26 Å². The number of hydrogen-bond donors (Lipinski definition) is 0. The number of carbonyl (C=O) groups is 1. The van der Waals surface area contributed by atoms with Crippen LogP contribution in [0.1, 0.15) is 131 Å². The van der Waals surface area contributed by atoms with E-state index in [-0.39, 0.29) is 5.78 Å². The fourth-order valence-electron chi connectivity index (χ4n) is 2.27. The second kappa shape index (κ2) is 38.6. The summed E-state index contributed by atoms with van der Waals surface area (Å²) in [7, 11) is 0. The highest BCUT2D eigenvalue weighted by Gasteiger charge is 1.94. The number of aryl methyl sites for hydroxylation is 3. The normalized spacial score (nSPS) is 9.00. The van der Waals surface area contributed by atoms with Crippen molar-refractivity contribution in [3.63, 3.8) is 0 Å². The number of allylic oxidation sites excluding steroid dienone is 6. The quantitative estimate of drug-likeness (QED) is 0.191. The van der Waals surface area contributed by atoms with Crippen molar-refractivity contribution in [3.05, 3.63) is 119 Å². The Hall–Kier alpha value is -3.44. The summed E-state index contributed by atoms with van der Waals surface area (Å²) in [6, 6.07) is 18.3. The van der Waals surface area contributed by atoms with Crippen molar-refractivity contribution in [3.8, 4) is 6.07 Å². The summed E-state index contributed by atoms with van der Waals surface area (Å²) >= 11 is 0. The Morgan fingerprint density at radius 2 is 1.12 bits per heavy atom. The first-order chi connectivity index (χ1) is 20.3. The van der Waals surface area contributed by atoms with Gasteiger partial charge in [0.1, 0.15) is 0 Å². The highest BCUT2D eigenvalue weighted by atomic mass is 16.1. The largest absolute Gasteiger partial charge is 0.295 e. The second-order valence-electron chi connectivity index (χ2n) is 9.95. The third kappa shape index (κ3) is 43.2. The lowest BCUT2D eigenvalue weighted by Gasteiger charge is -1.96. The van der Waals surface area contributed by atoms with E-state index in [0.717, 1.165) is 28.7 Å². The average Bonchev–Trinajstić information content (AvgIpc) is 3.00. The molecule has 0 fully saturated rings. The summed E-state index contributed by atoms with van der Waals surface area (Å²) in [6.07, 6.45) is 11.5. The molecule has 242 valence electrons. The molecule has 0 spiro atoms. The molecule has 0 saturated heterocycles. The highest BCUT2D eigenvalue weighted by Crippen LogP contribution is 2.08. The Kier molecular flexibility index (Phi) is 44.2. The predicted molar refractivity (Wildman–Crippen MR) is 198 cm³/mol. The Bertz CT molecular complexity index is 997. The van der Waals surface area contributed by atoms with Crippen LogP contribution < -0.4 is 0 Å². The van der Waals surface area contributed by atoms with E-state index in [4.69, 9.17) is 5.26 Å². The number of nitrogens with zero attached hydrogens (tertiary/aromatic N) is 1. The lowest BCUT2D eigenvalue weighted by Crippen LogP contribution is -1.84. The number of rotatable bonds is 6. The predicted octanol–water partition coefficient (Wildman–Crippen LogP) is 13.3. The van der Waals surface area contributed by atoms with E-state index in [1.165, 1.54) is 49.3 Å². The molecule has 0 aliphatic carbocycles. The van der Waals surface area contributed by atoms with Crippen LogP contribution in [0.3, 0.4) is 0 Å². The average molecular weight is 590 g/mol. The van der Waals surface area contributed by atoms with Gasteiger partial charge in [-0.3, -0.25) is 4.79 Å². The maximum Gasteiger partial charge on any atom is 0.152 e. The van der Waals surface area contributed by atoms with Crippen molar-refractivity contribution in [1.82, 2.24) is 0 Å². The second-order valence-corrected chi connectivity index (χ2v) is 9.95. The number of unbranched alkanes of at least 4 members (excludes halogenated alkanes) is 2. The van der Waals surface area contributed by atoms with Crippen molar-refractivity contribution >= 4 is 5.78 Å². The first-order valence-electron chi connectivity index (χ1n) is 15.9. The van der Waals surface area contributed by atoms with Crippen LogP contribution in [0.15, 0.2) is 96.6 Å². The molecular weight excluding hydrogens is 522 g/mol. The zero-order chi connectivity index (χ0) is 34.6. The molecule has 0 saturated carbocycles. The molecule has 43 heavy (non-hydrogen) atoms. The van der Waals surface area contributed by atoms with Crippen LogP contribution in [-0.4, -0.2) is 5.78 Å². The zero-order valence-electron chi connectivity index (χ0n) is 30.7. The van der Waals surface area contributed by atoms with E-state index in [1.54, 1.807) is 12.2 Å². The van der Waals surface area contributed by atoms with Crippen molar-refractivity contribution in [2.45, 2.75) is 129 Å². The van der Waals surface area contributed by atoms with E-state index in [0.29, 0.717) is 0 Å². The lowest BCUT2D eigenvalue weighted by atomic mass is 10.1. The van der Waals surface area contributed by atoms with E-state index in [2.05, 4.69) is 92.0 Å². The van der Waals surface area contributed by atoms with Crippen LogP contribution in [-0.2, 0) is 11.2 Å². The van der Waals surface area contributed by atoms with Gasteiger partial charge in [-0.1, -0.05) is 158 Å². The SMILES string of the molecule is C=C(C)C.C=C(C)C(/C=C\C(C)=O)=C\C.CC.CCCC.CCCC.CCc1ccccc1C#N.Cc1ccc(C)cc1. The van der Waals surface area contributed by atoms with Crippen LogP contribution in [0.4, 0.5) is 0 Å². The standard InChI is InChI=1S/C10H14O.C9H9N.C8H10.C4H8.2C4H10.C2H6/c1-5-10(8(2)3)7-6-9(4)11;1-2-8-5-3-4-6-9(8)7-10;1-7-3-5-8(2)6-4-7;1-4(2)3;2*1-3-4-2;1-2/h5-7H,2H2,1,3-4H3;3-6H,2H2,1H3;3-6H,1-2H3;1H2,2-3H3;2*3-4H2,1-2H3;1-2H3/b7-6-,10-5-;;;;;;. The monoisotopic (exact) mass is 590 g/mol. The van der Waals surface area contributed by atoms with Gasteiger partial charge in [-0.05, 0) is 78.2 Å². The summed E-state index contributed by atoms with van der Waals surface area (Å²) in [5, 5.41) is 8.60. The molecule has 2 rings (SSSR count). The lowest BCUT2D eigenvalue weighted by molar-refractivity contribution is -0.112. The van der Waals surface area contributed by atoms with Crippen LogP contribution in [0.5, 0.6) is 0 Å². The Morgan fingerprint density at radius 1 is 0.744 bits per heavy atom. The molecule has 0 radical (unpaired) electrons. The van der Waals surface area contributed by atoms with Gasteiger partial charge in [0, 0.05) is 0 Å². The minimum absolute atomic E-state index is 0.0607. The highest BCUT2D eigenvalue weighted by molar-refractivity contribution is 5.87. The molecule has 0 aliphatic heterocycles. The van der Waals surface area contributed by atoms with Gasteiger partial charge in [0.2, 0.25) is 0 Å². The fourth-order valence-corrected chi connectivity index (χ4v) is 2.27. The third-order valence-electron chi connectivity index (χ3n) is 5.04. The van der Waals surface area contributed by atoms with Gasteiger partial charge in [-0.15, -0.1) is 6.58 Å². The molecule has 0 aromatic heterocycles. The first kappa shape index (κ1) is 49.2. The number of hydrogen-bond acceptors (Lipinski definition) is 2. The maximum absolute atomic E-state index is 10.5. The van der Waals surface area contributed by atoms with Crippen LogP contribution in [0.25, 0.3) is 0 Å². The molecular formula is C41H67NO. The maximum atomic E-state index is 10.5. The van der Waals surface area contributed by atoms with Crippen molar-refractivity contribution < 1.29 is 4.79 Å². The van der Waals surface area contributed by atoms with E-state index in [9.17, 15) is 4.79 Å². The van der Waals surface area contributed by atoms with Crippen LogP contribution in [0.2, 0.25) is 0 Å². The summed E-state index contributed by atoms with van der Waals surface area (Å²) in [6.45, 7) is 35.6. The molecule has 2 aromatic rings. The van der Waals surface area contributed by atoms with E-state index < -0.39 is 0 Å².